The van der Waals surface area contributed by atoms with E-state index < -0.39 is 0 Å². The number of rotatable bonds is 6. The fraction of sp³-hybridized carbons (Fsp3) is 0.286. The third kappa shape index (κ3) is 3.62. The molecule has 9 heteroatoms. The lowest BCUT2D eigenvalue weighted by molar-refractivity contribution is -0.120. The van der Waals surface area contributed by atoms with Crippen LogP contribution in [0.4, 0.5) is 0 Å². The zero-order chi connectivity index (χ0) is 16.2. The van der Waals surface area contributed by atoms with Gasteiger partial charge in [0.05, 0.1) is 18.1 Å². The summed E-state index contributed by atoms with van der Waals surface area (Å²) >= 11 is 2.84. The van der Waals surface area contributed by atoms with E-state index in [4.69, 9.17) is 0 Å². The van der Waals surface area contributed by atoms with E-state index in [2.05, 4.69) is 25.3 Å². The van der Waals surface area contributed by atoms with E-state index in [-0.39, 0.29) is 16.7 Å². The molecule has 0 aliphatic rings. The molecule has 3 aromatic rings. The van der Waals surface area contributed by atoms with Gasteiger partial charge in [-0.25, -0.2) is 9.97 Å². The first-order valence-electron chi connectivity index (χ1n) is 7.07. The first-order chi connectivity index (χ1) is 11.2. The first kappa shape index (κ1) is 15.8. The van der Waals surface area contributed by atoms with Gasteiger partial charge >= 0.3 is 0 Å². The van der Waals surface area contributed by atoms with Gasteiger partial charge in [-0.1, -0.05) is 24.8 Å². The fourth-order valence-corrected chi connectivity index (χ4v) is 3.60. The molecule has 0 saturated carbocycles. The van der Waals surface area contributed by atoms with Crippen LogP contribution in [0.2, 0.25) is 0 Å². The SMILES string of the molecule is CCC(Sc1nc2nc[nH]c2c(=O)[nH]1)C(=O)NCc1cccs1. The zero-order valence-electron chi connectivity index (χ0n) is 12.3. The molecule has 0 aliphatic carbocycles. The van der Waals surface area contributed by atoms with Crippen molar-refractivity contribution in [3.8, 4) is 0 Å². The topological polar surface area (TPSA) is 104 Å². The minimum atomic E-state index is -0.325. The van der Waals surface area contributed by atoms with Crippen molar-refractivity contribution in [2.75, 3.05) is 0 Å². The molecule has 3 aromatic heterocycles. The standard InChI is InChI=1S/C14H15N5O2S2/c1-2-9(12(20)15-6-8-4-3-5-22-8)23-14-18-11-10(13(21)19-14)16-7-17-11/h3-5,7,9H,2,6H2,1H3,(H,15,20)(H2,16,17,18,19,21). The molecular formula is C14H15N5O2S2. The maximum atomic E-state index is 12.3. The van der Waals surface area contributed by atoms with Crippen LogP contribution in [-0.4, -0.2) is 31.1 Å². The summed E-state index contributed by atoms with van der Waals surface area (Å²) in [7, 11) is 0. The Morgan fingerprint density at radius 1 is 1.52 bits per heavy atom. The number of aromatic nitrogens is 4. The van der Waals surface area contributed by atoms with Crippen LogP contribution in [0.1, 0.15) is 18.2 Å². The Balaban J connectivity index is 1.69. The van der Waals surface area contributed by atoms with Gasteiger partial charge in [0.25, 0.3) is 5.56 Å². The molecule has 120 valence electrons. The molecule has 3 N–H and O–H groups in total. The summed E-state index contributed by atoms with van der Waals surface area (Å²) in [5.74, 6) is -0.0735. The number of H-pyrrole nitrogens is 2. The highest BCUT2D eigenvalue weighted by molar-refractivity contribution is 8.00. The van der Waals surface area contributed by atoms with Crippen molar-refractivity contribution in [3.05, 3.63) is 39.1 Å². The highest BCUT2D eigenvalue weighted by Gasteiger charge is 2.20. The number of amides is 1. The summed E-state index contributed by atoms with van der Waals surface area (Å²) in [6.45, 7) is 2.43. The van der Waals surface area contributed by atoms with Crippen molar-refractivity contribution >= 4 is 40.2 Å². The molecule has 0 bridgehead atoms. The van der Waals surface area contributed by atoms with Crippen LogP contribution >= 0.6 is 23.1 Å². The van der Waals surface area contributed by atoms with Crippen molar-refractivity contribution in [2.24, 2.45) is 0 Å². The lowest BCUT2D eigenvalue weighted by Crippen LogP contribution is -2.32. The van der Waals surface area contributed by atoms with Crippen LogP contribution in [0.3, 0.4) is 0 Å². The highest BCUT2D eigenvalue weighted by atomic mass is 32.2. The first-order valence-corrected chi connectivity index (χ1v) is 8.83. The second-order valence-corrected chi connectivity index (χ2v) is 7.01. The van der Waals surface area contributed by atoms with E-state index in [9.17, 15) is 9.59 Å². The van der Waals surface area contributed by atoms with E-state index in [0.717, 1.165) is 4.88 Å². The summed E-state index contributed by atoms with van der Waals surface area (Å²) in [5.41, 5.74) is 0.401. The number of carbonyl (C=O) groups is 1. The van der Waals surface area contributed by atoms with Crippen LogP contribution in [0.5, 0.6) is 0 Å². The van der Waals surface area contributed by atoms with Crippen LogP contribution in [0.15, 0.2) is 33.8 Å². The molecule has 0 saturated heterocycles. The van der Waals surface area contributed by atoms with E-state index in [1.807, 2.05) is 24.4 Å². The smallest absolute Gasteiger partial charge is 0.277 e. The minimum absolute atomic E-state index is 0.0735. The number of thioether (sulfide) groups is 1. The third-order valence-corrected chi connectivity index (χ3v) is 5.33. The van der Waals surface area contributed by atoms with E-state index in [1.54, 1.807) is 11.3 Å². The number of hydrogen-bond donors (Lipinski definition) is 3. The van der Waals surface area contributed by atoms with Crippen LogP contribution in [0.25, 0.3) is 11.2 Å². The predicted molar refractivity (Wildman–Crippen MR) is 90.6 cm³/mol. The monoisotopic (exact) mass is 349 g/mol. The van der Waals surface area contributed by atoms with Crippen LogP contribution < -0.4 is 10.9 Å². The summed E-state index contributed by atoms with van der Waals surface area (Å²) in [4.78, 5) is 39.0. The molecule has 0 aliphatic heterocycles. The average Bonchev–Trinajstić information content (AvgIpc) is 3.21. The third-order valence-electron chi connectivity index (χ3n) is 3.21. The molecule has 3 rings (SSSR count). The molecule has 23 heavy (non-hydrogen) atoms. The van der Waals surface area contributed by atoms with E-state index >= 15 is 0 Å². The molecule has 3 heterocycles. The minimum Gasteiger partial charge on any atom is -0.350 e. The van der Waals surface area contributed by atoms with Crippen molar-refractivity contribution in [1.29, 1.82) is 0 Å². The number of imidazole rings is 1. The molecule has 1 atom stereocenters. The second kappa shape index (κ2) is 6.97. The number of hydrogen-bond acceptors (Lipinski definition) is 6. The predicted octanol–water partition coefficient (Wildman–Crippen LogP) is 1.89. The van der Waals surface area contributed by atoms with Gasteiger partial charge in [-0.2, -0.15) is 0 Å². The average molecular weight is 349 g/mol. The maximum absolute atomic E-state index is 12.3. The van der Waals surface area contributed by atoms with Crippen molar-refractivity contribution in [1.82, 2.24) is 25.3 Å². The quantitative estimate of drug-likeness (QED) is 0.466. The van der Waals surface area contributed by atoms with Crippen molar-refractivity contribution in [2.45, 2.75) is 30.3 Å². The Bertz CT molecular complexity index is 856. The van der Waals surface area contributed by atoms with Gasteiger partial charge in [0.2, 0.25) is 5.91 Å². The highest BCUT2D eigenvalue weighted by Crippen LogP contribution is 2.22. The summed E-state index contributed by atoms with van der Waals surface area (Å²) < 4.78 is 0. The number of nitrogens with zero attached hydrogens (tertiary/aromatic N) is 2. The van der Waals surface area contributed by atoms with Crippen LogP contribution in [0, 0.1) is 0 Å². The molecule has 0 fully saturated rings. The lowest BCUT2D eigenvalue weighted by atomic mass is 10.3. The van der Waals surface area contributed by atoms with Gasteiger partial charge < -0.3 is 10.3 Å². The number of aromatic amines is 2. The maximum Gasteiger partial charge on any atom is 0.277 e. The van der Waals surface area contributed by atoms with Crippen molar-refractivity contribution in [3.63, 3.8) is 0 Å². The van der Waals surface area contributed by atoms with Gasteiger partial charge in [0.15, 0.2) is 16.3 Å². The zero-order valence-corrected chi connectivity index (χ0v) is 14.0. The number of fused-ring (bicyclic) bond motifs is 1. The summed E-state index contributed by atoms with van der Waals surface area (Å²) in [6.07, 6.45) is 2.05. The Morgan fingerprint density at radius 3 is 3.13 bits per heavy atom. The fourth-order valence-electron chi connectivity index (χ4n) is 2.04. The molecule has 1 unspecified atom stereocenters. The Morgan fingerprint density at radius 2 is 2.39 bits per heavy atom. The molecule has 7 nitrogen and oxygen atoms in total. The summed E-state index contributed by atoms with van der Waals surface area (Å²) in [5, 5.41) is 4.96. The number of carbonyl (C=O) groups excluding carboxylic acids is 1. The molecule has 0 spiro atoms. The largest absolute Gasteiger partial charge is 0.350 e. The Kier molecular flexibility index (Phi) is 4.77. The Hall–Kier alpha value is -2.13. The van der Waals surface area contributed by atoms with Gasteiger partial charge in [0.1, 0.15) is 0 Å². The second-order valence-electron chi connectivity index (χ2n) is 4.78. The lowest BCUT2D eigenvalue weighted by Gasteiger charge is -2.13. The van der Waals surface area contributed by atoms with E-state index in [1.165, 1.54) is 18.1 Å². The van der Waals surface area contributed by atoms with Gasteiger partial charge in [0, 0.05) is 4.88 Å². The molecule has 0 aromatic carbocycles. The molecular weight excluding hydrogens is 334 g/mol. The molecule has 0 radical (unpaired) electrons. The van der Waals surface area contributed by atoms with Gasteiger partial charge in [-0.15, -0.1) is 11.3 Å². The van der Waals surface area contributed by atoms with Crippen LogP contribution in [-0.2, 0) is 11.3 Å². The summed E-state index contributed by atoms with van der Waals surface area (Å²) in [6, 6.07) is 3.93. The molecule has 1 amide bonds. The van der Waals surface area contributed by atoms with E-state index in [0.29, 0.717) is 29.3 Å². The normalized spacial score (nSPS) is 12.4. The van der Waals surface area contributed by atoms with Gasteiger partial charge in [-0.05, 0) is 17.9 Å². The van der Waals surface area contributed by atoms with Gasteiger partial charge in [-0.3, -0.25) is 14.6 Å². The number of thiophene rings is 1. The van der Waals surface area contributed by atoms with Crippen molar-refractivity contribution < 1.29 is 4.79 Å². The Labute approximate surface area is 139 Å². The number of nitrogens with one attached hydrogen (secondary N) is 3.